The lowest BCUT2D eigenvalue weighted by Gasteiger charge is -2.31. The number of halogens is 2. The summed E-state index contributed by atoms with van der Waals surface area (Å²) in [5, 5.41) is 3.66. The zero-order chi connectivity index (χ0) is 22.1. The first-order chi connectivity index (χ1) is 15.6. The third-order valence-corrected chi connectivity index (χ3v) is 6.02. The van der Waals surface area contributed by atoms with Crippen molar-refractivity contribution < 1.29 is 9.18 Å². The summed E-state index contributed by atoms with van der Waals surface area (Å²) in [4.78, 5) is 15.3. The number of carbonyl (C=O) groups is 1. The summed E-state index contributed by atoms with van der Waals surface area (Å²) in [6, 6.07) is 25.4. The average molecular weight is 446 g/mol. The van der Waals surface area contributed by atoms with Gasteiger partial charge in [-0.15, -0.1) is 0 Å². The molecule has 1 aliphatic heterocycles. The van der Waals surface area contributed by atoms with E-state index in [0.717, 1.165) is 28.1 Å². The van der Waals surface area contributed by atoms with Gasteiger partial charge < -0.3 is 14.8 Å². The first-order valence-corrected chi connectivity index (χ1v) is 10.8. The van der Waals surface area contributed by atoms with Gasteiger partial charge in [0.05, 0.1) is 18.3 Å². The molecule has 2 heterocycles. The van der Waals surface area contributed by atoms with E-state index in [-0.39, 0.29) is 17.9 Å². The van der Waals surface area contributed by atoms with Crippen molar-refractivity contribution in [3.05, 3.63) is 124 Å². The number of benzene rings is 3. The second-order valence-corrected chi connectivity index (χ2v) is 8.24. The fourth-order valence-corrected chi connectivity index (χ4v) is 4.34. The second-order valence-electron chi connectivity index (χ2n) is 7.80. The highest BCUT2D eigenvalue weighted by Gasteiger charge is 2.32. The van der Waals surface area contributed by atoms with Crippen molar-refractivity contribution in [2.75, 3.05) is 0 Å². The summed E-state index contributed by atoms with van der Waals surface area (Å²) < 4.78 is 15.4. The fourth-order valence-electron chi connectivity index (χ4n) is 4.22. The topological polar surface area (TPSA) is 37.3 Å². The molecule has 1 atom stereocenters. The van der Waals surface area contributed by atoms with E-state index in [1.165, 1.54) is 12.1 Å². The van der Waals surface area contributed by atoms with Crippen molar-refractivity contribution in [2.24, 2.45) is 0 Å². The Bertz CT molecular complexity index is 1250. The number of fused-ring (bicyclic) bond motifs is 3. The van der Waals surface area contributed by atoms with Crippen molar-refractivity contribution in [3.63, 3.8) is 0 Å². The average Bonchev–Trinajstić information content (AvgIpc) is 3.24. The molecule has 1 unspecified atom stereocenters. The predicted molar refractivity (Wildman–Crippen MR) is 123 cm³/mol. The standard InChI is InChI=1S/C26H21ClFN3O/c27-21-11-9-19(10-12-21)25-24-6-3-15-30(24)23-5-2-1-4-20(23)17-31(25)26(32)29-16-18-7-13-22(28)14-8-18/h1-15,25H,16-17H2,(H,29,32). The highest BCUT2D eigenvalue weighted by molar-refractivity contribution is 6.30. The molecule has 0 bridgehead atoms. The van der Waals surface area contributed by atoms with Crippen LogP contribution in [0.3, 0.4) is 0 Å². The molecule has 0 fully saturated rings. The van der Waals surface area contributed by atoms with E-state index in [1.54, 1.807) is 12.1 Å². The van der Waals surface area contributed by atoms with E-state index in [9.17, 15) is 9.18 Å². The summed E-state index contributed by atoms with van der Waals surface area (Å²) in [7, 11) is 0. The SMILES string of the molecule is O=C(NCc1ccc(F)cc1)N1Cc2ccccc2-n2cccc2C1c1ccc(Cl)cc1. The molecule has 1 N–H and O–H groups in total. The van der Waals surface area contributed by atoms with Gasteiger partial charge in [-0.1, -0.05) is 54.1 Å². The van der Waals surface area contributed by atoms with Gasteiger partial charge in [-0.05, 0) is 59.2 Å². The van der Waals surface area contributed by atoms with E-state index < -0.39 is 0 Å². The molecule has 0 saturated carbocycles. The molecule has 0 aliphatic carbocycles. The number of para-hydroxylation sites is 1. The number of aromatic nitrogens is 1. The number of hydrogen-bond acceptors (Lipinski definition) is 1. The minimum absolute atomic E-state index is 0.196. The second kappa shape index (κ2) is 8.52. The van der Waals surface area contributed by atoms with Crippen LogP contribution in [0.1, 0.15) is 28.4 Å². The zero-order valence-electron chi connectivity index (χ0n) is 17.2. The molecule has 4 nitrogen and oxygen atoms in total. The maximum atomic E-state index is 13.5. The van der Waals surface area contributed by atoms with Crippen LogP contribution in [0.2, 0.25) is 5.02 Å². The minimum Gasteiger partial charge on any atom is -0.334 e. The molecule has 1 aliphatic rings. The maximum Gasteiger partial charge on any atom is 0.318 e. The quantitative estimate of drug-likeness (QED) is 0.407. The highest BCUT2D eigenvalue weighted by Crippen LogP contribution is 2.36. The normalized spacial score (nSPS) is 14.9. The van der Waals surface area contributed by atoms with Crippen LogP contribution in [0, 0.1) is 5.82 Å². The van der Waals surface area contributed by atoms with Gasteiger partial charge in [-0.2, -0.15) is 0 Å². The molecule has 6 heteroatoms. The van der Waals surface area contributed by atoms with Crippen LogP contribution in [-0.2, 0) is 13.1 Å². The van der Waals surface area contributed by atoms with Crippen molar-refractivity contribution in [1.29, 1.82) is 0 Å². The number of rotatable bonds is 3. The largest absolute Gasteiger partial charge is 0.334 e. The lowest BCUT2D eigenvalue weighted by Crippen LogP contribution is -2.41. The van der Waals surface area contributed by atoms with Gasteiger partial charge in [0.2, 0.25) is 0 Å². The molecule has 2 amide bonds. The number of urea groups is 1. The first-order valence-electron chi connectivity index (χ1n) is 10.4. The van der Waals surface area contributed by atoms with E-state index in [0.29, 0.717) is 18.1 Å². The third-order valence-electron chi connectivity index (χ3n) is 5.77. The van der Waals surface area contributed by atoms with Crippen molar-refractivity contribution in [3.8, 4) is 5.69 Å². The van der Waals surface area contributed by atoms with E-state index in [4.69, 9.17) is 11.6 Å². The number of nitrogens with zero attached hydrogens (tertiary/aromatic N) is 2. The molecule has 0 spiro atoms. The zero-order valence-corrected chi connectivity index (χ0v) is 18.0. The Morgan fingerprint density at radius 1 is 0.969 bits per heavy atom. The van der Waals surface area contributed by atoms with Crippen molar-refractivity contribution >= 4 is 17.6 Å². The summed E-state index contributed by atoms with van der Waals surface area (Å²) in [6.07, 6.45) is 2.02. The van der Waals surface area contributed by atoms with Crippen molar-refractivity contribution in [1.82, 2.24) is 14.8 Å². The Labute approximate surface area is 190 Å². The molecule has 160 valence electrons. The van der Waals surface area contributed by atoms with Crippen LogP contribution in [0.25, 0.3) is 5.69 Å². The Morgan fingerprint density at radius 2 is 1.72 bits per heavy atom. The highest BCUT2D eigenvalue weighted by atomic mass is 35.5. The molecular formula is C26H21ClFN3O. The van der Waals surface area contributed by atoms with E-state index >= 15 is 0 Å². The number of amides is 2. The summed E-state index contributed by atoms with van der Waals surface area (Å²) in [5.41, 5.74) is 4.91. The van der Waals surface area contributed by atoms with Gasteiger partial charge in [0.25, 0.3) is 0 Å². The smallest absolute Gasteiger partial charge is 0.318 e. The van der Waals surface area contributed by atoms with Gasteiger partial charge in [0.1, 0.15) is 5.82 Å². The molecule has 3 aromatic carbocycles. The fraction of sp³-hybridized carbons (Fsp3) is 0.115. The van der Waals surface area contributed by atoms with Crippen molar-refractivity contribution in [2.45, 2.75) is 19.1 Å². The van der Waals surface area contributed by atoms with Crippen LogP contribution in [0.15, 0.2) is 91.1 Å². The lowest BCUT2D eigenvalue weighted by molar-refractivity contribution is 0.180. The lowest BCUT2D eigenvalue weighted by atomic mass is 10.0. The molecule has 0 saturated heterocycles. The summed E-state index contributed by atoms with van der Waals surface area (Å²) >= 11 is 6.14. The number of nitrogens with one attached hydrogen (secondary N) is 1. The molecular weight excluding hydrogens is 425 g/mol. The van der Waals surface area contributed by atoms with E-state index in [1.807, 2.05) is 65.7 Å². The first kappa shape index (κ1) is 20.3. The Balaban J connectivity index is 1.54. The van der Waals surface area contributed by atoms with Gasteiger partial charge in [-0.25, -0.2) is 9.18 Å². The van der Waals surface area contributed by atoms with E-state index in [2.05, 4.69) is 16.0 Å². The van der Waals surface area contributed by atoms with Gasteiger partial charge in [0.15, 0.2) is 0 Å². The Hall–Kier alpha value is -3.57. The third kappa shape index (κ3) is 3.87. The molecule has 5 rings (SSSR count). The predicted octanol–water partition coefficient (Wildman–Crippen LogP) is 6.08. The van der Waals surface area contributed by atoms with Gasteiger partial charge in [0, 0.05) is 23.5 Å². The monoisotopic (exact) mass is 445 g/mol. The van der Waals surface area contributed by atoms with Crippen LogP contribution >= 0.6 is 11.6 Å². The van der Waals surface area contributed by atoms with Gasteiger partial charge in [-0.3, -0.25) is 0 Å². The van der Waals surface area contributed by atoms with Crippen LogP contribution < -0.4 is 5.32 Å². The number of carbonyl (C=O) groups excluding carboxylic acids is 1. The summed E-state index contributed by atoms with van der Waals surface area (Å²) in [5.74, 6) is -0.298. The minimum atomic E-state index is -0.303. The molecule has 0 radical (unpaired) electrons. The van der Waals surface area contributed by atoms with Gasteiger partial charge >= 0.3 is 6.03 Å². The molecule has 4 aromatic rings. The molecule has 32 heavy (non-hydrogen) atoms. The Morgan fingerprint density at radius 3 is 2.50 bits per heavy atom. The number of hydrogen-bond donors (Lipinski definition) is 1. The molecule has 1 aromatic heterocycles. The Kier molecular flexibility index (Phi) is 5.41. The summed E-state index contributed by atoms with van der Waals surface area (Å²) in [6.45, 7) is 0.756. The van der Waals surface area contributed by atoms with Crippen LogP contribution in [-0.4, -0.2) is 15.5 Å². The maximum absolute atomic E-state index is 13.5. The van der Waals surface area contributed by atoms with Crippen LogP contribution in [0.5, 0.6) is 0 Å². The van der Waals surface area contributed by atoms with Crippen LogP contribution in [0.4, 0.5) is 9.18 Å².